The number of carbonyl (C=O) groups is 7. The summed E-state index contributed by atoms with van der Waals surface area (Å²) >= 11 is 0. The molecule has 2 aromatic rings. The molecule has 0 bridgehead atoms. The van der Waals surface area contributed by atoms with Crippen LogP contribution in [0.25, 0.3) is 0 Å². The monoisotopic (exact) mass is 548 g/mol. The second-order valence-electron chi connectivity index (χ2n) is 9.78. The van der Waals surface area contributed by atoms with Crippen molar-refractivity contribution in [3.63, 3.8) is 0 Å². The molecule has 0 aromatic heterocycles. The van der Waals surface area contributed by atoms with Crippen molar-refractivity contribution in [3.8, 4) is 0 Å². The lowest BCUT2D eigenvalue weighted by molar-refractivity contribution is -0.138. The average molecular weight is 549 g/mol. The normalized spacial score (nSPS) is 14.1. The van der Waals surface area contributed by atoms with Gasteiger partial charge in [0.05, 0.1) is 22.3 Å². The molecule has 2 aromatic carbocycles. The molecule has 40 heavy (non-hydrogen) atoms. The molecule has 11 heteroatoms. The number of hydrogen-bond donors (Lipinski definition) is 2. The van der Waals surface area contributed by atoms with Gasteiger partial charge in [-0.3, -0.25) is 43.4 Å². The Bertz CT molecular complexity index is 1320. The molecule has 2 aliphatic heterocycles. The Morgan fingerprint density at radius 2 is 0.900 bits per heavy atom. The van der Waals surface area contributed by atoms with Crippen LogP contribution in [0.5, 0.6) is 0 Å². The van der Waals surface area contributed by atoms with E-state index in [0.717, 1.165) is 9.80 Å². The fourth-order valence-corrected chi connectivity index (χ4v) is 4.88. The van der Waals surface area contributed by atoms with Crippen molar-refractivity contribution in [1.29, 1.82) is 0 Å². The molecular formula is C29H28N2O9. The molecule has 0 aliphatic carbocycles. The van der Waals surface area contributed by atoms with Gasteiger partial charge in [0.1, 0.15) is 0 Å². The van der Waals surface area contributed by atoms with Gasteiger partial charge in [-0.25, -0.2) is 0 Å². The maximum atomic E-state index is 13.3. The van der Waals surface area contributed by atoms with Crippen LogP contribution in [0, 0.1) is 0 Å². The highest BCUT2D eigenvalue weighted by molar-refractivity contribution is 6.24. The molecular weight excluding hydrogens is 520 g/mol. The van der Waals surface area contributed by atoms with Crippen LogP contribution < -0.4 is 0 Å². The topological polar surface area (TPSA) is 166 Å². The van der Waals surface area contributed by atoms with Crippen molar-refractivity contribution in [1.82, 2.24) is 9.80 Å². The van der Waals surface area contributed by atoms with Gasteiger partial charge >= 0.3 is 11.9 Å². The number of carboxylic acids is 2. The standard InChI is InChI=1S/C29H28N2O9/c32-23(33)7-3-1-5-13-30-26(37)19-11-9-17(15-21(19)28(30)39)25(36)18-10-12-20-22(16-18)29(40)31(27(20)38)14-6-2-4-8-24(34)35/h9-12,15-16H,1-8,13-14H2,(H,32,33)(H,34,35). The van der Waals surface area contributed by atoms with Crippen molar-refractivity contribution >= 4 is 41.4 Å². The molecule has 0 saturated heterocycles. The molecule has 208 valence electrons. The van der Waals surface area contributed by atoms with E-state index < -0.39 is 41.4 Å². The summed E-state index contributed by atoms with van der Waals surface area (Å²) in [4.78, 5) is 88.0. The maximum Gasteiger partial charge on any atom is 0.303 e. The van der Waals surface area contributed by atoms with Gasteiger partial charge < -0.3 is 10.2 Å². The van der Waals surface area contributed by atoms with E-state index in [2.05, 4.69) is 0 Å². The van der Waals surface area contributed by atoms with E-state index in [-0.39, 0.29) is 59.3 Å². The highest BCUT2D eigenvalue weighted by atomic mass is 16.4. The van der Waals surface area contributed by atoms with Gasteiger partial charge in [-0.05, 0) is 49.9 Å². The molecule has 2 heterocycles. The van der Waals surface area contributed by atoms with E-state index in [1.54, 1.807) is 0 Å². The first-order valence-electron chi connectivity index (χ1n) is 13.1. The second kappa shape index (κ2) is 12.0. The van der Waals surface area contributed by atoms with Crippen LogP contribution in [-0.4, -0.2) is 74.5 Å². The molecule has 4 rings (SSSR count). The molecule has 0 spiro atoms. The molecule has 0 atom stereocenters. The lowest BCUT2D eigenvalue weighted by Crippen LogP contribution is -2.30. The Kier molecular flexibility index (Phi) is 8.52. The van der Waals surface area contributed by atoms with Crippen molar-refractivity contribution in [2.24, 2.45) is 0 Å². The molecule has 0 fully saturated rings. The van der Waals surface area contributed by atoms with E-state index in [4.69, 9.17) is 10.2 Å². The number of unbranched alkanes of at least 4 members (excludes halogenated alkanes) is 4. The SMILES string of the molecule is O=C(O)CCCCCN1C(=O)c2ccc(C(=O)c3ccc4c(c3)C(=O)N(CCCCCC(=O)O)C4=O)cc2C1=O. The van der Waals surface area contributed by atoms with Crippen molar-refractivity contribution < 1.29 is 43.8 Å². The van der Waals surface area contributed by atoms with E-state index in [0.29, 0.717) is 38.5 Å². The third-order valence-corrected chi connectivity index (χ3v) is 7.01. The Morgan fingerprint density at radius 1 is 0.525 bits per heavy atom. The summed E-state index contributed by atoms with van der Waals surface area (Å²) in [5.41, 5.74) is 0.859. The predicted octanol–water partition coefficient (Wildman–Crippen LogP) is 3.40. The predicted molar refractivity (Wildman–Crippen MR) is 139 cm³/mol. The molecule has 0 saturated carbocycles. The van der Waals surface area contributed by atoms with Crippen LogP contribution in [0.1, 0.15) is 109 Å². The molecule has 2 N–H and O–H groups in total. The number of rotatable bonds is 14. The van der Waals surface area contributed by atoms with Gasteiger partial charge in [0.15, 0.2) is 5.78 Å². The molecule has 4 amide bonds. The van der Waals surface area contributed by atoms with Crippen LogP contribution in [0.4, 0.5) is 0 Å². The Hall–Kier alpha value is -4.67. The molecule has 0 unspecified atom stereocenters. The number of ketones is 1. The Labute approximate surface area is 229 Å². The quantitative estimate of drug-likeness (QED) is 0.204. The van der Waals surface area contributed by atoms with Crippen molar-refractivity contribution in [2.75, 3.05) is 13.1 Å². The zero-order chi connectivity index (χ0) is 29.0. The fourth-order valence-electron chi connectivity index (χ4n) is 4.88. The first-order valence-corrected chi connectivity index (χ1v) is 13.1. The van der Waals surface area contributed by atoms with E-state index in [9.17, 15) is 33.6 Å². The van der Waals surface area contributed by atoms with Gasteiger partial charge in [0, 0.05) is 37.1 Å². The van der Waals surface area contributed by atoms with Crippen LogP contribution in [0.15, 0.2) is 36.4 Å². The second-order valence-corrected chi connectivity index (χ2v) is 9.78. The lowest BCUT2D eigenvalue weighted by Gasteiger charge is -2.13. The number of amides is 4. The summed E-state index contributed by atoms with van der Waals surface area (Å²) in [6.45, 7) is 0.290. The van der Waals surface area contributed by atoms with Crippen molar-refractivity contribution in [2.45, 2.75) is 51.4 Å². The Morgan fingerprint density at radius 3 is 1.27 bits per heavy atom. The minimum atomic E-state index is -0.903. The van der Waals surface area contributed by atoms with Crippen LogP contribution in [0.3, 0.4) is 0 Å². The van der Waals surface area contributed by atoms with E-state index in [1.165, 1.54) is 36.4 Å². The van der Waals surface area contributed by atoms with Gasteiger partial charge in [-0.2, -0.15) is 0 Å². The van der Waals surface area contributed by atoms with Crippen molar-refractivity contribution in [3.05, 3.63) is 69.8 Å². The molecule has 11 nitrogen and oxygen atoms in total. The van der Waals surface area contributed by atoms with Crippen LogP contribution >= 0.6 is 0 Å². The van der Waals surface area contributed by atoms with Gasteiger partial charge in [0.25, 0.3) is 23.6 Å². The number of hydrogen-bond acceptors (Lipinski definition) is 7. The number of fused-ring (bicyclic) bond motifs is 2. The first-order chi connectivity index (χ1) is 19.1. The zero-order valence-electron chi connectivity index (χ0n) is 21.7. The van der Waals surface area contributed by atoms with Crippen LogP contribution in [-0.2, 0) is 9.59 Å². The number of carboxylic acid groups (broad SMARTS) is 2. The van der Waals surface area contributed by atoms with E-state index >= 15 is 0 Å². The lowest BCUT2D eigenvalue weighted by atomic mass is 9.96. The third-order valence-electron chi connectivity index (χ3n) is 7.01. The molecule has 2 aliphatic rings. The fraction of sp³-hybridized carbons (Fsp3) is 0.345. The molecule has 0 radical (unpaired) electrons. The average Bonchev–Trinajstić information content (AvgIpc) is 3.31. The summed E-state index contributed by atoms with van der Waals surface area (Å²) in [5, 5.41) is 17.5. The smallest absolute Gasteiger partial charge is 0.303 e. The van der Waals surface area contributed by atoms with Gasteiger partial charge in [0.2, 0.25) is 0 Å². The number of nitrogens with zero attached hydrogens (tertiary/aromatic N) is 2. The Balaban J connectivity index is 1.43. The number of imide groups is 2. The van der Waals surface area contributed by atoms with Crippen LogP contribution in [0.2, 0.25) is 0 Å². The summed E-state index contributed by atoms with van der Waals surface area (Å²) in [6, 6.07) is 8.42. The zero-order valence-corrected chi connectivity index (χ0v) is 21.7. The van der Waals surface area contributed by atoms with E-state index in [1.807, 2.05) is 0 Å². The highest BCUT2D eigenvalue weighted by Crippen LogP contribution is 2.28. The summed E-state index contributed by atoms with van der Waals surface area (Å²) in [7, 11) is 0. The number of carbonyl (C=O) groups excluding carboxylic acids is 5. The largest absolute Gasteiger partial charge is 0.481 e. The highest BCUT2D eigenvalue weighted by Gasteiger charge is 2.37. The third kappa shape index (κ3) is 5.83. The minimum absolute atomic E-state index is 0.0165. The summed E-state index contributed by atoms with van der Waals surface area (Å²) in [6.07, 6.45) is 2.94. The number of aliphatic carboxylic acids is 2. The summed E-state index contributed by atoms with van der Waals surface area (Å²) < 4.78 is 0. The number of benzene rings is 2. The summed E-state index contributed by atoms with van der Waals surface area (Å²) in [5.74, 6) is -4.28. The van der Waals surface area contributed by atoms with Gasteiger partial charge in [-0.15, -0.1) is 0 Å². The van der Waals surface area contributed by atoms with Gasteiger partial charge in [-0.1, -0.05) is 25.0 Å². The minimum Gasteiger partial charge on any atom is -0.481 e. The maximum absolute atomic E-state index is 13.3. The first kappa shape index (κ1) is 28.3.